The van der Waals surface area contributed by atoms with E-state index in [0.29, 0.717) is 0 Å². The number of furan rings is 1. The molecule has 108 valence electrons. The first kappa shape index (κ1) is 12.4. The van der Waals surface area contributed by atoms with Crippen LogP contribution in [0.2, 0.25) is 0 Å². The van der Waals surface area contributed by atoms with Gasteiger partial charge in [0.25, 0.3) is 0 Å². The first-order valence-corrected chi connectivity index (χ1v) is 7.52. The topological polar surface area (TPSA) is 38.9 Å². The zero-order valence-electron chi connectivity index (χ0n) is 12.2. The number of pyridine rings is 2. The summed E-state index contributed by atoms with van der Waals surface area (Å²) in [6, 6.07) is 22.2. The van der Waals surface area contributed by atoms with E-state index in [0.717, 1.165) is 44.2 Å². The highest BCUT2D eigenvalue weighted by molar-refractivity contribution is 6.03. The summed E-state index contributed by atoms with van der Waals surface area (Å²) in [5.74, 6) is 0. The first-order chi connectivity index (χ1) is 11.4. The lowest BCUT2D eigenvalue weighted by atomic mass is 10.1. The lowest BCUT2D eigenvalue weighted by molar-refractivity contribution is 0.668. The van der Waals surface area contributed by atoms with Crippen molar-refractivity contribution in [1.82, 2.24) is 9.97 Å². The van der Waals surface area contributed by atoms with Gasteiger partial charge in [0.2, 0.25) is 0 Å². The van der Waals surface area contributed by atoms with Crippen LogP contribution in [0.25, 0.3) is 44.2 Å². The van der Waals surface area contributed by atoms with Crippen LogP contribution in [-0.4, -0.2) is 9.97 Å². The van der Waals surface area contributed by atoms with Gasteiger partial charge in [0.15, 0.2) is 5.58 Å². The van der Waals surface area contributed by atoms with Gasteiger partial charge in [0, 0.05) is 17.0 Å². The van der Waals surface area contributed by atoms with Crippen LogP contribution in [0.1, 0.15) is 0 Å². The second-order valence-electron chi connectivity index (χ2n) is 5.56. The molecule has 3 aromatic heterocycles. The fourth-order valence-electron chi connectivity index (χ4n) is 2.96. The molecule has 0 saturated carbocycles. The number of fused-ring (bicyclic) bond motifs is 4. The predicted molar refractivity (Wildman–Crippen MR) is 92.3 cm³/mol. The first-order valence-electron chi connectivity index (χ1n) is 7.52. The molecule has 3 heteroatoms. The Bertz CT molecular complexity index is 1170. The number of hydrogen-bond donors (Lipinski definition) is 0. The van der Waals surface area contributed by atoms with Crippen LogP contribution in [0, 0.1) is 0 Å². The van der Waals surface area contributed by atoms with Crippen LogP contribution < -0.4 is 0 Å². The van der Waals surface area contributed by atoms with Gasteiger partial charge in [-0.1, -0.05) is 36.4 Å². The Hall–Kier alpha value is -3.20. The number of hydrogen-bond acceptors (Lipinski definition) is 3. The molecular formula is C20H12N2O. The number of aromatic nitrogens is 2. The van der Waals surface area contributed by atoms with E-state index in [2.05, 4.69) is 23.2 Å². The molecule has 0 aliphatic rings. The summed E-state index contributed by atoms with van der Waals surface area (Å²) >= 11 is 0. The van der Waals surface area contributed by atoms with E-state index in [-0.39, 0.29) is 0 Å². The van der Waals surface area contributed by atoms with Crippen LogP contribution in [0.15, 0.2) is 77.3 Å². The Labute approximate surface area is 132 Å². The van der Waals surface area contributed by atoms with Crippen molar-refractivity contribution in [3.05, 3.63) is 72.9 Å². The molecule has 3 heterocycles. The molecular weight excluding hydrogens is 284 g/mol. The van der Waals surface area contributed by atoms with Gasteiger partial charge in [-0.3, -0.25) is 4.98 Å². The fourth-order valence-corrected chi connectivity index (χ4v) is 2.96. The van der Waals surface area contributed by atoms with Crippen molar-refractivity contribution >= 4 is 32.8 Å². The van der Waals surface area contributed by atoms with E-state index in [9.17, 15) is 0 Å². The molecule has 0 N–H and O–H groups in total. The molecule has 2 aromatic carbocycles. The minimum Gasteiger partial charge on any atom is -0.454 e. The summed E-state index contributed by atoms with van der Waals surface area (Å²) < 4.78 is 5.83. The lowest BCUT2D eigenvalue weighted by Gasteiger charge is -2.02. The van der Waals surface area contributed by atoms with Gasteiger partial charge < -0.3 is 4.42 Å². The number of nitrogens with zero attached hydrogens (tertiary/aromatic N) is 2. The van der Waals surface area contributed by atoms with E-state index in [1.165, 1.54) is 0 Å². The quantitative estimate of drug-likeness (QED) is 0.427. The van der Waals surface area contributed by atoms with Crippen LogP contribution in [0.5, 0.6) is 0 Å². The van der Waals surface area contributed by atoms with Gasteiger partial charge in [0.05, 0.1) is 11.4 Å². The molecule has 5 aromatic rings. The molecule has 0 bridgehead atoms. The van der Waals surface area contributed by atoms with Crippen molar-refractivity contribution in [3.8, 4) is 11.4 Å². The maximum absolute atomic E-state index is 5.83. The summed E-state index contributed by atoms with van der Waals surface area (Å²) in [7, 11) is 0. The molecule has 5 rings (SSSR count). The highest BCUT2D eigenvalue weighted by Gasteiger charge is 2.10. The summed E-state index contributed by atoms with van der Waals surface area (Å²) in [5.41, 5.74) is 4.27. The van der Waals surface area contributed by atoms with Gasteiger partial charge in [-0.15, -0.1) is 0 Å². The Morgan fingerprint density at radius 1 is 0.696 bits per heavy atom. The summed E-state index contributed by atoms with van der Waals surface area (Å²) in [4.78, 5) is 9.34. The minimum atomic E-state index is 0.802. The molecule has 0 radical (unpaired) electrons. The van der Waals surface area contributed by atoms with Crippen LogP contribution in [0.3, 0.4) is 0 Å². The van der Waals surface area contributed by atoms with Gasteiger partial charge in [-0.2, -0.15) is 0 Å². The molecule has 0 unspecified atom stereocenters. The summed E-state index contributed by atoms with van der Waals surface area (Å²) in [5, 5.41) is 3.33. The summed E-state index contributed by atoms with van der Waals surface area (Å²) in [6.45, 7) is 0. The number of rotatable bonds is 1. The zero-order valence-corrected chi connectivity index (χ0v) is 12.2. The van der Waals surface area contributed by atoms with Crippen LogP contribution in [0.4, 0.5) is 0 Å². The molecule has 0 saturated heterocycles. The van der Waals surface area contributed by atoms with E-state index in [1.54, 1.807) is 0 Å². The van der Waals surface area contributed by atoms with E-state index >= 15 is 0 Å². The Kier molecular flexibility index (Phi) is 2.50. The Morgan fingerprint density at radius 2 is 1.52 bits per heavy atom. The normalized spacial score (nSPS) is 11.5. The van der Waals surface area contributed by atoms with Crippen molar-refractivity contribution < 1.29 is 4.42 Å². The molecule has 0 atom stereocenters. The predicted octanol–water partition coefficient (Wildman–Crippen LogP) is 5.20. The van der Waals surface area contributed by atoms with Crippen LogP contribution >= 0.6 is 0 Å². The maximum Gasteiger partial charge on any atom is 0.153 e. The minimum absolute atomic E-state index is 0.802. The van der Waals surface area contributed by atoms with Gasteiger partial charge in [0.1, 0.15) is 11.1 Å². The highest BCUT2D eigenvalue weighted by Crippen LogP contribution is 2.29. The lowest BCUT2D eigenvalue weighted by Crippen LogP contribution is -1.87. The van der Waals surface area contributed by atoms with Gasteiger partial charge in [-0.05, 0) is 35.7 Å². The fraction of sp³-hybridized carbons (Fsp3) is 0. The maximum atomic E-state index is 5.83. The molecule has 23 heavy (non-hydrogen) atoms. The standard InChI is InChI=1S/C20H12N2O/c1-2-6-14-12-21-17(11-13(14)5-1)16-9-10-19-20(22-16)15-7-3-4-8-18(15)23-19/h1-12H. The smallest absolute Gasteiger partial charge is 0.153 e. The molecule has 0 amide bonds. The second-order valence-corrected chi connectivity index (χ2v) is 5.56. The van der Waals surface area contributed by atoms with Crippen molar-refractivity contribution in [2.75, 3.05) is 0 Å². The average molecular weight is 296 g/mol. The molecule has 0 aliphatic heterocycles. The third-order valence-corrected chi connectivity index (χ3v) is 4.11. The molecule has 3 nitrogen and oxygen atoms in total. The third kappa shape index (κ3) is 1.90. The van der Waals surface area contributed by atoms with Gasteiger partial charge >= 0.3 is 0 Å². The second kappa shape index (κ2) is 4.65. The monoisotopic (exact) mass is 296 g/mol. The Morgan fingerprint density at radius 3 is 2.48 bits per heavy atom. The largest absolute Gasteiger partial charge is 0.454 e. The Balaban J connectivity index is 1.76. The SMILES string of the molecule is c1ccc2cc(-c3ccc4oc5ccccc5c4n3)ncc2c1. The van der Waals surface area contributed by atoms with Gasteiger partial charge in [-0.25, -0.2) is 4.98 Å². The van der Waals surface area contributed by atoms with Crippen molar-refractivity contribution in [2.24, 2.45) is 0 Å². The van der Waals surface area contributed by atoms with E-state index < -0.39 is 0 Å². The van der Waals surface area contributed by atoms with Crippen molar-refractivity contribution in [2.45, 2.75) is 0 Å². The van der Waals surface area contributed by atoms with E-state index in [1.807, 2.05) is 54.7 Å². The van der Waals surface area contributed by atoms with Crippen molar-refractivity contribution in [1.29, 1.82) is 0 Å². The number of para-hydroxylation sites is 1. The summed E-state index contributed by atoms with van der Waals surface area (Å²) in [6.07, 6.45) is 1.89. The molecule has 0 fully saturated rings. The molecule has 0 spiro atoms. The number of benzene rings is 2. The highest BCUT2D eigenvalue weighted by atomic mass is 16.3. The average Bonchev–Trinajstić information content (AvgIpc) is 2.99. The third-order valence-electron chi connectivity index (χ3n) is 4.11. The molecule has 0 aliphatic carbocycles. The zero-order chi connectivity index (χ0) is 15.2. The van der Waals surface area contributed by atoms with E-state index in [4.69, 9.17) is 9.40 Å². The van der Waals surface area contributed by atoms with Crippen LogP contribution in [-0.2, 0) is 0 Å². The van der Waals surface area contributed by atoms with Crippen molar-refractivity contribution in [3.63, 3.8) is 0 Å².